The monoisotopic (exact) mass is 329 g/mol. The van der Waals surface area contributed by atoms with Crippen LogP contribution in [-0.2, 0) is 22.4 Å². The molecular weight excluding hydrogens is 309 g/mol. The lowest BCUT2D eigenvalue weighted by atomic mass is 9.99. The van der Waals surface area contributed by atoms with Gasteiger partial charge in [0.25, 0.3) is 0 Å². The minimum absolute atomic E-state index is 0.0349. The Morgan fingerprint density at radius 3 is 2.17 bits per heavy atom. The Hall–Kier alpha value is -2.69. The van der Waals surface area contributed by atoms with Gasteiger partial charge in [0.05, 0.1) is 12.3 Å². The maximum atomic E-state index is 12.9. The van der Waals surface area contributed by atoms with Crippen molar-refractivity contribution in [2.45, 2.75) is 25.7 Å². The maximum Gasteiger partial charge on any atom is 0.312 e. The molecule has 0 saturated carbocycles. The lowest BCUT2D eigenvalue weighted by Gasteiger charge is -2.14. The van der Waals surface area contributed by atoms with E-state index >= 15 is 0 Å². The fourth-order valence-electron chi connectivity index (χ4n) is 2.40. The summed E-state index contributed by atoms with van der Waals surface area (Å²) in [5.74, 6) is -2.64. The number of amides is 1. The summed E-state index contributed by atoms with van der Waals surface area (Å²) in [5.41, 5.74) is 2.52. The van der Waals surface area contributed by atoms with Crippen LogP contribution in [0.5, 0.6) is 0 Å². The Morgan fingerprint density at radius 2 is 1.62 bits per heavy atom. The third kappa shape index (κ3) is 4.91. The number of hydrogen-bond donors (Lipinski definition) is 2. The highest BCUT2D eigenvalue weighted by atomic mass is 19.1. The first kappa shape index (κ1) is 17.7. The highest BCUT2D eigenvalue weighted by Crippen LogP contribution is 2.16. The van der Waals surface area contributed by atoms with Gasteiger partial charge in [0.1, 0.15) is 5.82 Å². The average Bonchev–Trinajstić information content (AvgIpc) is 2.57. The number of carbonyl (C=O) groups excluding carboxylic acids is 1. The Bertz CT molecular complexity index is 696. The number of rotatable bonds is 7. The van der Waals surface area contributed by atoms with Gasteiger partial charge in [0, 0.05) is 6.54 Å². The van der Waals surface area contributed by atoms with Crippen molar-refractivity contribution in [3.63, 3.8) is 0 Å². The molecule has 0 spiro atoms. The van der Waals surface area contributed by atoms with Crippen LogP contribution in [0.15, 0.2) is 48.5 Å². The van der Waals surface area contributed by atoms with Crippen LogP contribution in [0.1, 0.15) is 29.5 Å². The molecule has 0 bridgehead atoms. The Balaban J connectivity index is 1.94. The van der Waals surface area contributed by atoms with E-state index in [9.17, 15) is 19.1 Å². The molecule has 0 heterocycles. The molecular formula is C19H20FNO3. The summed E-state index contributed by atoms with van der Waals surface area (Å²) >= 11 is 0. The summed E-state index contributed by atoms with van der Waals surface area (Å²) in [6, 6.07) is 13.0. The van der Waals surface area contributed by atoms with E-state index in [4.69, 9.17) is 0 Å². The molecule has 1 atom stereocenters. The number of halogens is 1. The van der Waals surface area contributed by atoms with Crippen molar-refractivity contribution in [1.29, 1.82) is 0 Å². The summed E-state index contributed by atoms with van der Waals surface area (Å²) < 4.78 is 12.9. The lowest BCUT2D eigenvalue weighted by Crippen LogP contribution is -2.32. The molecule has 0 aliphatic rings. The summed E-state index contributed by atoms with van der Waals surface area (Å²) in [6.07, 6.45) is 1.13. The van der Waals surface area contributed by atoms with Crippen molar-refractivity contribution in [3.05, 3.63) is 71.0 Å². The lowest BCUT2D eigenvalue weighted by molar-refractivity contribution is -0.138. The van der Waals surface area contributed by atoms with E-state index in [0.29, 0.717) is 5.56 Å². The summed E-state index contributed by atoms with van der Waals surface area (Å²) in [7, 11) is 0. The van der Waals surface area contributed by atoms with Crippen molar-refractivity contribution in [2.75, 3.05) is 6.54 Å². The number of carboxylic acid groups (broad SMARTS) is 1. The van der Waals surface area contributed by atoms with E-state index in [1.807, 2.05) is 24.3 Å². The molecule has 0 saturated heterocycles. The molecule has 2 aromatic rings. The van der Waals surface area contributed by atoms with Gasteiger partial charge in [0.15, 0.2) is 0 Å². The van der Waals surface area contributed by atoms with Crippen molar-refractivity contribution >= 4 is 11.9 Å². The predicted molar refractivity (Wildman–Crippen MR) is 89.3 cm³/mol. The minimum Gasteiger partial charge on any atom is -0.481 e. The second-order valence-corrected chi connectivity index (χ2v) is 5.59. The molecule has 2 N–H and O–H groups in total. The second-order valence-electron chi connectivity index (χ2n) is 5.59. The highest BCUT2D eigenvalue weighted by molar-refractivity contribution is 5.81. The van der Waals surface area contributed by atoms with Crippen LogP contribution in [0.2, 0.25) is 0 Å². The van der Waals surface area contributed by atoms with Crippen LogP contribution in [0.25, 0.3) is 0 Å². The number of hydrogen-bond acceptors (Lipinski definition) is 2. The van der Waals surface area contributed by atoms with Crippen molar-refractivity contribution in [2.24, 2.45) is 0 Å². The number of aliphatic carboxylic acids is 1. The largest absolute Gasteiger partial charge is 0.481 e. The van der Waals surface area contributed by atoms with Gasteiger partial charge in [-0.2, -0.15) is 0 Å². The molecule has 1 amide bonds. The first-order valence-corrected chi connectivity index (χ1v) is 7.82. The molecule has 24 heavy (non-hydrogen) atoms. The van der Waals surface area contributed by atoms with Crippen LogP contribution >= 0.6 is 0 Å². The topological polar surface area (TPSA) is 66.4 Å². The van der Waals surface area contributed by atoms with Crippen molar-refractivity contribution in [1.82, 2.24) is 5.32 Å². The predicted octanol–water partition coefficient (Wildman–Crippen LogP) is 2.92. The van der Waals surface area contributed by atoms with Gasteiger partial charge in [-0.3, -0.25) is 9.59 Å². The first-order chi connectivity index (χ1) is 11.5. The molecule has 2 aromatic carbocycles. The van der Waals surface area contributed by atoms with E-state index in [-0.39, 0.29) is 18.9 Å². The molecule has 0 fully saturated rings. The van der Waals surface area contributed by atoms with Gasteiger partial charge in [0.2, 0.25) is 5.91 Å². The van der Waals surface area contributed by atoms with Crippen LogP contribution in [0.3, 0.4) is 0 Å². The van der Waals surface area contributed by atoms with Gasteiger partial charge < -0.3 is 10.4 Å². The average molecular weight is 329 g/mol. The quantitative estimate of drug-likeness (QED) is 0.821. The molecule has 1 unspecified atom stereocenters. The zero-order valence-electron chi connectivity index (χ0n) is 13.5. The molecule has 4 nitrogen and oxygen atoms in total. The van der Waals surface area contributed by atoms with Gasteiger partial charge in [-0.15, -0.1) is 0 Å². The maximum absolute atomic E-state index is 12.9. The molecule has 0 aliphatic heterocycles. The van der Waals surface area contributed by atoms with Crippen LogP contribution < -0.4 is 5.32 Å². The zero-order valence-corrected chi connectivity index (χ0v) is 13.5. The molecule has 0 radical (unpaired) electrons. The number of benzene rings is 2. The number of nitrogens with one attached hydrogen (secondary N) is 1. The Kier molecular flexibility index (Phi) is 6.07. The Morgan fingerprint density at radius 1 is 1.04 bits per heavy atom. The molecule has 5 heteroatoms. The molecule has 0 aromatic heterocycles. The molecule has 0 aliphatic carbocycles. The van der Waals surface area contributed by atoms with Crippen LogP contribution in [0.4, 0.5) is 4.39 Å². The van der Waals surface area contributed by atoms with Crippen molar-refractivity contribution < 1.29 is 19.1 Å². The fourth-order valence-corrected chi connectivity index (χ4v) is 2.40. The van der Waals surface area contributed by atoms with Crippen molar-refractivity contribution in [3.8, 4) is 0 Å². The smallest absolute Gasteiger partial charge is 0.312 e. The SMILES string of the molecule is CCc1ccc(CC(=O)NCC(C(=O)O)c2ccc(F)cc2)cc1. The third-order valence-corrected chi connectivity index (χ3v) is 3.87. The standard InChI is InChI=1S/C19H20FNO3/c1-2-13-3-5-14(6-4-13)11-18(22)21-12-17(19(23)24)15-7-9-16(20)10-8-15/h3-10,17H,2,11-12H2,1H3,(H,21,22)(H,23,24). The third-order valence-electron chi connectivity index (χ3n) is 3.87. The summed E-state index contributed by atoms with van der Waals surface area (Å²) in [5, 5.41) is 12.0. The van der Waals surface area contributed by atoms with E-state index in [1.54, 1.807) is 0 Å². The summed E-state index contributed by atoms with van der Waals surface area (Å²) in [6.45, 7) is 2.02. The van der Waals surface area contributed by atoms with Crippen LogP contribution in [0, 0.1) is 5.82 Å². The van der Waals surface area contributed by atoms with E-state index in [1.165, 1.54) is 29.8 Å². The highest BCUT2D eigenvalue weighted by Gasteiger charge is 2.20. The minimum atomic E-state index is -1.06. The van der Waals surface area contributed by atoms with E-state index in [2.05, 4.69) is 12.2 Å². The summed E-state index contributed by atoms with van der Waals surface area (Å²) in [4.78, 5) is 23.4. The fraction of sp³-hybridized carbons (Fsp3) is 0.263. The van der Waals surface area contributed by atoms with Crippen LogP contribution in [-0.4, -0.2) is 23.5 Å². The van der Waals surface area contributed by atoms with E-state index in [0.717, 1.165) is 12.0 Å². The number of carboxylic acids is 1. The van der Waals surface area contributed by atoms with Gasteiger partial charge in [-0.1, -0.05) is 43.3 Å². The molecule has 2 rings (SSSR count). The Labute approximate surface area is 140 Å². The number of carbonyl (C=O) groups is 2. The zero-order chi connectivity index (χ0) is 17.5. The molecule has 126 valence electrons. The number of aryl methyl sites for hydroxylation is 1. The second kappa shape index (κ2) is 8.24. The van der Waals surface area contributed by atoms with Gasteiger partial charge in [-0.05, 0) is 35.2 Å². The normalized spacial score (nSPS) is 11.8. The van der Waals surface area contributed by atoms with Gasteiger partial charge in [-0.25, -0.2) is 4.39 Å². The first-order valence-electron chi connectivity index (χ1n) is 7.82. The van der Waals surface area contributed by atoms with Gasteiger partial charge >= 0.3 is 5.97 Å². The van der Waals surface area contributed by atoms with E-state index < -0.39 is 17.7 Å².